The molecule has 0 spiro atoms. The summed E-state index contributed by atoms with van der Waals surface area (Å²) in [4.78, 5) is 37.1. The molecular formula is C18H15BrN2O4. The van der Waals surface area contributed by atoms with E-state index in [0.29, 0.717) is 17.1 Å². The predicted molar refractivity (Wildman–Crippen MR) is 96.4 cm³/mol. The van der Waals surface area contributed by atoms with Crippen LogP contribution in [-0.2, 0) is 14.4 Å². The zero-order valence-electron chi connectivity index (χ0n) is 13.2. The number of halogens is 1. The molecule has 7 heteroatoms. The Morgan fingerprint density at radius 1 is 1.04 bits per heavy atom. The van der Waals surface area contributed by atoms with Gasteiger partial charge in [-0.1, -0.05) is 28.1 Å². The fraction of sp³-hybridized carbons (Fsp3) is 0.167. The molecule has 2 aromatic carbocycles. The summed E-state index contributed by atoms with van der Waals surface area (Å²) < 4.78 is 6.34. The van der Waals surface area contributed by atoms with Crippen LogP contribution in [0, 0.1) is 0 Å². The van der Waals surface area contributed by atoms with Gasteiger partial charge in [0, 0.05) is 17.3 Å². The molecule has 3 amide bonds. The highest BCUT2D eigenvalue weighted by Gasteiger charge is 2.31. The number of nitrogens with one attached hydrogen (secondary N) is 1. The lowest BCUT2D eigenvalue weighted by Crippen LogP contribution is -2.30. The Bertz CT molecular complexity index is 804. The zero-order valence-corrected chi connectivity index (χ0v) is 14.8. The van der Waals surface area contributed by atoms with Gasteiger partial charge in [-0.2, -0.15) is 0 Å². The molecule has 0 aromatic heterocycles. The van der Waals surface area contributed by atoms with E-state index < -0.39 is 0 Å². The average Bonchev–Trinajstić information content (AvgIpc) is 2.94. The number of hydrogen-bond donors (Lipinski definition) is 1. The van der Waals surface area contributed by atoms with Crippen LogP contribution in [0.1, 0.15) is 12.8 Å². The van der Waals surface area contributed by atoms with Gasteiger partial charge in [0.1, 0.15) is 5.75 Å². The molecule has 2 aromatic rings. The highest BCUT2D eigenvalue weighted by atomic mass is 79.9. The van der Waals surface area contributed by atoms with Crippen LogP contribution < -0.4 is 15.0 Å². The second-order valence-corrected chi connectivity index (χ2v) is 6.35. The normalized spacial score (nSPS) is 13.9. The second kappa shape index (κ2) is 7.48. The van der Waals surface area contributed by atoms with Crippen LogP contribution in [0.15, 0.2) is 53.0 Å². The van der Waals surface area contributed by atoms with E-state index in [1.807, 2.05) is 12.1 Å². The molecule has 3 rings (SSSR count). The number of nitrogens with zero attached hydrogens (tertiary/aromatic N) is 1. The zero-order chi connectivity index (χ0) is 17.8. The van der Waals surface area contributed by atoms with E-state index in [9.17, 15) is 14.4 Å². The minimum absolute atomic E-state index is 0.183. The molecule has 0 bridgehead atoms. The molecular weight excluding hydrogens is 388 g/mol. The lowest BCUT2D eigenvalue weighted by atomic mass is 10.2. The van der Waals surface area contributed by atoms with Crippen LogP contribution >= 0.6 is 15.9 Å². The summed E-state index contributed by atoms with van der Waals surface area (Å²) in [6, 6.07) is 13.8. The van der Waals surface area contributed by atoms with E-state index in [1.54, 1.807) is 36.4 Å². The van der Waals surface area contributed by atoms with Gasteiger partial charge < -0.3 is 10.1 Å². The standard InChI is InChI=1S/C18H15BrN2O4/c19-12-5-7-13(8-6-12)25-11-16(22)20-14-3-1-2-4-15(14)21-17(23)9-10-18(21)24/h1-8H,9-11H2,(H,20,22). The largest absolute Gasteiger partial charge is 0.484 e. The van der Waals surface area contributed by atoms with E-state index in [0.717, 1.165) is 9.37 Å². The molecule has 1 aliphatic heterocycles. The van der Waals surface area contributed by atoms with Crippen molar-refractivity contribution in [3.05, 3.63) is 53.0 Å². The lowest BCUT2D eigenvalue weighted by Gasteiger charge is -2.18. The first-order valence-corrected chi connectivity index (χ1v) is 8.47. The fourth-order valence-corrected chi connectivity index (χ4v) is 2.75. The van der Waals surface area contributed by atoms with Crippen LogP contribution in [0.4, 0.5) is 11.4 Å². The van der Waals surface area contributed by atoms with E-state index in [-0.39, 0.29) is 37.2 Å². The quantitative estimate of drug-likeness (QED) is 0.779. The molecule has 0 aliphatic carbocycles. The molecule has 25 heavy (non-hydrogen) atoms. The molecule has 1 aliphatic rings. The van der Waals surface area contributed by atoms with Crippen LogP contribution in [0.5, 0.6) is 5.75 Å². The summed E-state index contributed by atoms with van der Waals surface area (Å²) in [5.41, 5.74) is 0.780. The highest BCUT2D eigenvalue weighted by Crippen LogP contribution is 2.30. The molecule has 1 N–H and O–H groups in total. The number of benzene rings is 2. The second-order valence-electron chi connectivity index (χ2n) is 5.43. The van der Waals surface area contributed by atoms with Crippen molar-refractivity contribution in [2.24, 2.45) is 0 Å². The molecule has 6 nitrogen and oxygen atoms in total. The maximum Gasteiger partial charge on any atom is 0.262 e. The Kier molecular flexibility index (Phi) is 5.14. The summed E-state index contributed by atoms with van der Waals surface area (Å²) in [6.45, 7) is -0.183. The number of carbonyl (C=O) groups is 3. The number of hydrogen-bond acceptors (Lipinski definition) is 4. The van der Waals surface area contributed by atoms with Crippen molar-refractivity contribution in [1.82, 2.24) is 0 Å². The number of imide groups is 1. The number of carbonyl (C=O) groups excluding carboxylic acids is 3. The number of para-hydroxylation sites is 2. The fourth-order valence-electron chi connectivity index (χ4n) is 2.49. The third-order valence-electron chi connectivity index (χ3n) is 3.65. The maximum atomic E-state index is 12.1. The Hall–Kier alpha value is -2.67. The van der Waals surface area contributed by atoms with Gasteiger partial charge in [-0.15, -0.1) is 0 Å². The summed E-state index contributed by atoms with van der Waals surface area (Å²) in [6.07, 6.45) is 0.377. The van der Waals surface area contributed by atoms with Crippen molar-refractivity contribution in [3.8, 4) is 5.75 Å². The van der Waals surface area contributed by atoms with Crippen LogP contribution in [0.3, 0.4) is 0 Å². The first-order chi connectivity index (χ1) is 12.0. The lowest BCUT2D eigenvalue weighted by molar-refractivity contribution is -0.121. The molecule has 0 saturated carbocycles. The van der Waals surface area contributed by atoms with Gasteiger partial charge in [0.2, 0.25) is 11.8 Å². The average molecular weight is 403 g/mol. The topological polar surface area (TPSA) is 75.7 Å². The Labute approximate surface area is 152 Å². The van der Waals surface area contributed by atoms with Crippen LogP contribution in [0.2, 0.25) is 0 Å². The van der Waals surface area contributed by atoms with E-state index >= 15 is 0 Å². The van der Waals surface area contributed by atoms with Crippen molar-refractivity contribution >= 4 is 45.0 Å². The number of ether oxygens (including phenoxy) is 1. The van der Waals surface area contributed by atoms with Crippen molar-refractivity contribution in [2.75, 3.05) is 16.8 Å². The van der Waals surface area contributed by atoms with Crippen molar-refractivity contribution in [2.45, 2.75) is 12.8 Å². The minimum Gasteiger partial charge on any atom is -0.484 e. The van der Waals surface area contributed by atoms with Crippen LogP contribution in [0.25, 0.3) is 0 Å². The van der Waals surface area contributed by atoms with Gasteiger partial charge in [0.05, 0.1) is 11.4 Å². The number of anilines is 2. The predicted octanol–water partition coefficient (Wildman–Crippen LogP) is 3.12. The Balaban J connectivity index is 1.68. The summed E-state index contributed by atoms with van der Waals surface area (Å²) in [7, 11) is 0. The van der Waals surface area contributed by atoms with Crippen molar-refractivity contribution < 1.29 is 19.1 Å². The van der Waals surface area contributed by atoms with Gasteiger partial charge >= 0.3 is 0 Å². The minimum atomic E-state index is -0.380. The molecule has 0 unspecified atom stereocenters. The van der Waals surface area contributed by atoms with E-state index in [4.69, 9.17) is 4.74 Å². The Morgan fingerprint density at radius 2 is 1.68 bits per heavy atom. The molecule has 1 saturated heterocycles. The van der Waals surface area contributed by atoms with Crippen molar-refractivity contribution in [3.63, 3.8) is 0 Å². The maximum absolute atomic E-state index is 12.1. The molecule has 128 valence electrons. The first-order valence-electron chi connectivity index (χ1n) is 7.67. The third-order valence-corrected chi connectivity index (χ3v) is 4.18. The van der Waals surface area contributed by atoms with Gasteiger partial charge in [-0.25, -0.2) is 4.90 Å². The molecule has 1 fully saturated rings. The summed E-state index contributed by atoms with van der Waals surface area (Å²) >= 11 is 3.33. The first kappa shape index (κ1) is 17.2. The van der Waals surface area contributed by atoms with Gasteiger partial charge in [-0.3, -0.25) is 14.4 Å². The monoisotopic (exact) mass is 402 g/mol. The molecule has 0 radical (unpaired) electrons. The number of rotatable bonds is 5. The Morgan fingerprint density at radius 3 is 2.36 bits per heavy atom. The third kappa shape index (κ3) is 4.06. The highest BCUT2D eigenvalue weighted by molar-refractivity contribution is 9.10. The smallest absolute Gasteiger partial charge is 0.262 e. The SMILES string of the molecule is O=C(COc1ccc(Br)cc1)Nc1ccccc1N1C(=O)CCC1=O. The van der Waals surface area contributed by atoms with E-state index in [2.05, 4.69) is 21.2 Å². The number of amides is 3. The molecule has 1 heterocycles. The van der Waals surface area contributed by atoms with Gasteiger partial charge in [-0.05, 0) is 36.4 Å². The summed E-state index contributed by atoms with van der Waals surface area (Å²) in [5, 5.41) is 2.69. The van der Waals surface area contributed by atoms with Crippen LogP contribution in [-0.4, -0.2) is 24.3 Å². The summed E-state index contributed by atoms with van der Waals surface area (Å²) in [5.74, 6) is -0.346. The van der Waals surface area contributed by atoms with E-state index in [1.165, 1.54) is 0 Å². The van der Waals surface area contributed by atoms with Gasteiger partial charge in [0.25, 0.3) is 5.91 Å². The molecule has 0 atom stereocenters. The van der Waals surface area contributed by atoms with Gasteiger partial charge in [0.15, 0.2) is 6.61 Å². The van der Waals surface area contributed by atoms with Crippen molar-refractivity contribution in [1.29, 1.82) is 0 Å².